The van der Waals surface area contributed by atoms with Crippen molar-refractivity contribution in [3.63, 3.8) is 0 Å². The molecule has 3 nitrogen and oxygen atoms in total. The maximum absolute atomic E-state index is 4.22. The lowest BCUT2D eigenvalue weighted by atomic mass is 10.2. The van der Waals surface area contributed by atoms with E-state index in [1.165, 1.54) is 25.7 Å². The molecular formula is C12H19N3S. The van der Waals surface area contributed by atoms with Gasteiger partial charge in [0.25, 0.3) is 0 Å². The minimum atomic E-state index is 0.565. The number of thioether (sulfide) groups is 1. The fourth-order valence-electron chi connectivity index (χ4n) is 2.06. The van der Waals surface area contributed by atoms with Crippen LogP contribution >= 0.6 is 11.8 Å². The number of nitrogens with zero attached hydrogens (tertiary/aromatic N) is 2. The largest absolute Gasteiger partial charge is 0.313 e. The van der Waals surface area contributed by atoms with Crippen molar-refractivity contribution in [3.8, 4) is 0 Å². The van der Waals surface area contributed by atoms with Gasteiger partial charge in [-0.05, 0) is 18.9 Å². The van der Waals surface area contributed by atoms with Gasteiger partial charge in [0.15, 0.2) is 0 Å². The average Bonchev–Trinajstić information content (AvgIpc) is 2.81. The standard InChI is InChI=1S/C12H19N3S/c1-10(8-14-11-4-2-3-5-11)16-12-6-7-13-9-15-12/h6-7,9-11,14H,2-5,8H2,1H3. The summed E-state index contributed by atoms with van der Waals surface area (Å²) in [6.45, 7) is 3.31. The summed E-state index contributed by atoms with van der Waals surface area (Å²) in [4.78, 5) is 8.14. The van der Waals surface area contributed by atoms with Gasteiger partial charge in [-0.3, -0.25) is 0 Å². The van der Waals surface area contributed by atoms with Gasteiger partial charge in [-0.25, -0.2) is 9.97 Å². The van der Waals surface area contributed by atoms with Gasteiger partial charge in [-0.15, -0.1) is 11.8 Å². The first-order valence-corrected chi connectivity index (χ1v) is 6.88. The van der Waals surface area contributed by atoms with E-state index in [0.29, 0.717) is 5.25 Å². The predicted molar refractivity (Wildman–Crippen MR) is 67.6 cm³/mol. The highest BCUT2D eigenvalue weighted by atomic mass is 32.2. The lowest BCUT2D eigenvalue weighted by Crippen LogP contribution is -2.31. The Labute approximate surface area is 101 Å². The summed E-state index contributed by atoms with van der Waals surface area (Å²) < 4.78 is 0. The molecule has 16 heavy (non-hydrogen) atoms. The summed E-state index contributed by atoms with van der Waals surface area (Å²) in [6, 6.07) is 2.73. The van der Waals surface area contributed by atoms with Gasteiger partial charge in [0.2, 0.25) is 0 Å². The Hall–Kier alpha value is -0.610. The minimum Gasteiger partial charge on any atom is -0.313 e. The van der Waals surface area contributed by atoms with Crippen molar-refractivity contribution >= 4 is 11.8 Å². The van der Waals surface area contributed by atoms with Crippen LogP contribution in [0.15, 0.2) is 23.6 Å². The zero-order valence-electron chi connectivity index (χ0n) is 9.72. The van der Waals surface area contributed by atoms with Gasteiger partial charge in [0.05, 0.1) is 5.03 Å². The van der Waals surface area contributed by atoms with E-state index in [4.69, 9.17) is 0 Å². The summed E-state index contributed by atoms with van der Waals surface area (Å²) in [5, 5.41) is 5.27. The molecule has 88 valence electrons. The normalized spacial score (nSPS) is 18.8. The molecule has 4 heteroatoms. The molecule has 0 radical (unpaired) electrons. The van der Waals surface area contributed by atoms with Crippen LogP contribution in [-0.4, -0.2) is 27.8 Å². The van der Waals surface area contributed by atoms with Crippen LogP contribution in [0, 0.1) is 0 Å². The Balaban J connectivity index is 1.69. The van der Waals surface area contributed by atoms with E-state index in [-0.39, 0.29) is 0 Å². The van der Waals surface area contributed by atoms with E-state index >= 15 is 0 Å². The monoisotopic (exact) mass is 237 g/mol. The van der Waals surface area contributed by atoms with Crippen molar-refractivity contribution in [2.24, 2.45) is 0 Å². The zero-order chi connectivity index (χ0) is 11.2. The number of hydrogen-bond acceptors (Lipinski definition) is 4. The summed E-state index contributed by atoms with van der Waals surface area (Å²) >= 11 is 1.81. The third-order valence-electron chi connectivity index (χ3n) is 2.93. The second kappa shape index (κ2) is 6.21. The molecule has 0 aliphatic heterocycles. The number of hydrogen-bond donors (Lipinski definition) is 1. The average molecular weight is 237 g/mol. The topological polar surface area (TPSA) is 37.8 Å². The van der Waals surface area contributed by atoms with Crippen LogP contribution in [0.3, 0.4) is 0 Å². The fraction of sp³-hybridized carbons (Fsp3) is 0.667. The maximum Gasteiger partial charge on any atom is 0.116 e. The zero-order valence-corrected chi connectivity index (χ0v) is 10.5. The van der Waals surface area contributed by atoms with Gasteiger partial charge >= 0.3 is 0 Å². The SMILES string of the molecule is CC(CNC1CCCC1)Sc1ccncn1. The van der Waals surface area contributed by atoms with Crippen LogP contribution in [0.4, 0.5) is 0 Å². The molecule has 0 bridgehead atoms. The van der Waals surface area contributed by atoms with Crippen molar-refractivity contribution in [1.29, 1.82) is 0 Å². The Kier molecular flexibility index (Phi) is 4.60. The molecule has 1 atom stereocenters. The van der Waals surface area contributed by atoms with Crippen LogP contribution in [0.25, 0.3) is 0 Å². The maximum atomic E-state index is 4.22. The molecule has 0 spiro atoms. The molecule has 0 aromatic carbocycles. The summed E-state index contributed by atoms with van der Waals surface area (Å²) in [5.41, 5.74) is 0. The first-order chi connectivity index (χ1) is 7.84. The highest BCUT2D eigenvalue weighted by Crippen LogP contribution is 2.21. The molecule has 1 aromatic rings. The molecule has 0 saturated heterocycles. The quantitative estimate of drug-likeness (QED) is 0.630. The Morgan fingerprint density at radius 2 is 2.31 bits per heavy atom. The Morgan fingerprint density at radius 3 is 3.00 bits per heavy atom. The van der Waals surface area contributed by atoms with Gasteiger partial charge in [0.1, 0.15) is 6.33 Å². The van der Waals surface area contributed by atoms with Crippen molar-refractivity contribution in [3.05, 3.63) is 18.6 Å². The lowest BCUT2D eigenvalue weighted by Gasteiger charge is -2.16. The highest BCUT2D eigenvalue weighted by molar-refractivity contribution is 7.99. The molecule has 1 heterocycles. The van der Waals surface area contributed by atoms with Crippen LogP contribution in [-0.2, 0) is 0 Å². The Morgan fingerprint density at radius 1 is 1.50 bits per heavy atom. The fourth-order valence-corrected chi connectivity index (χ4v) is 2.90. The molecule has 0 amide bonds. The second-order valence-electron chi connectivity index (χ2n) is 4.37. The molecule has 1 aromatic heterocycles. The Bertz CT molecular complexity index is 298. The molecular weight excluding hydrogens is 218 g/mol. The third kappa shape index (κ3) is 3.76. The molecule has 1 N–H and O–H groups in total. The minimum absolute atomic E-state index is 0.565. The summed E-state index contributed by atoms with van der Waals surface area (Å²) in [7, 11) is 0. The summed E-state index contributed by atoms with van der Waals surface area (Å²) in [5.74, 6) is 0. The van der Waals surface area contributed by atoms with Gasteiger partial charge in [0, 0.05) is 24.0 Å². The first kappa shape index (κ1) is 11.9. The number of rotatable bonds is 5. The number of aromatic nitrogens is 2. The molecule has 1 saturated carbocycles. The molecule has 1 aliphatic carbocycles. The van der Waals surface area contributed by atoms with Crippen molar-refractivity contribution in [2.75, 3.05) is 6.54 Å². The second-order valence-corrected chi connectivity index (χ2v) is 5.82. The van der Waals surface area contributed by atoms with Crippen LogP contribution in [0.2, 0.25) is 0 Å². The molecule has 1 fully saturated rings. The van der Waals surface area contributed by atoms with Gasteiger partial charge in [-0.1, -0.05) is 19.8 Å². The van der Waals surface area contributed by atoms with Crippen LogP contribution < -0.4 is 5.32 Å². The third-order valence-corrected chi connectivity index (χ3v) is 3.98. The molecule has 1 aliphatic rings. The first-order valence-electron chi connectivity index (χ1n) is 6.00. The predicted octanol–water partition coefficient (Wildman–Crippen LogP) is 2.49. The number of nitrogens with one attached hydrogen (secondary N) is 1. The van der Waals surface area contributed by atoms with E-state index in [1.807, 2.05) is 17.8 Å². The summed E-state index contributed by atoms with van der Waals surface area (Å²) in [6.07, 6.45) is 8.90. The van der Waals surface area contributed by atoms with E-state index in [2.05, 4.69) is 22.2 Å². The van der Waals surface area contributed by atoms with Crippen molar-refractivity contribution < 1.29 is 0 Å². The van der Waals surface area contributed by atoms with Crippen LogP contribution in [0.1, 0.15) is 32.6 Å². The van der Waals surface area contributed by atoms with Crippen molar-refractivity contribution in [2.45, 2.75) is 48.9 Å². The molecule has 1 unspecified atom stereocenters. The molecule has 2 rings (SSSR count). The van der Waals surface area contributed by atoms with Gasteiger partial charge in [-0.2, -0.15) is 0 Å². The van der Waals surface area contributed by atoms with E-state index in [0.717, 1.165) is 17.6 Å². The van der Waals surface area contributed by atoms with E-state index < -0.39 is 0 Å². The van der Waals surface area contributed by atoms with Crippen molar-refractivity contribution in [1.82, 2.24) is 15.3 Å². The van der Waals surface area contributed by atoms with E-state index in [9.17, 15) is 0 Å². The van der Waals surface area contributed by atoms with E-state index in [1.54, 1.807) is 12.5 Å². The lowest BCUT2D eigenvalue weighted by molar-refractivity contribution is 0.527. The smallest absolute Gasteiger partial charge is 0.116 e. The van der Waals surface area contributed by atoms with Crippen LogP contribution in [0.5, 0.6) is 0 Å². The van der Waals surface area contributed by atoms with Gasteiger partial charge < -0.3 is 5.32 Å². The highest BCUT2D eigenvalue weighted by Gasteiger charge is 2.15.